The van der Waals surface area contributed by atoms with Crippen LogP contribution in [0.15, 0.2) is 42.5 Å². The molecule has 1 aromatic carbocycles. The molecule has 0 atom stereocenters. The van der Waals surface area contributed by atoms with Gasteiger partial charge in [0.2, 0.25) is 0 Å². The minimum Gasteiger partial charge on any atom is -0.384 e. The highest BCUT2D eigenvalue weighted by Gasteiger charge is 2.33. The zero-order chi connectivity index (χ0) is 14.8. The summed E-state index contributed by atoms with van der Waals surface area (Å²) in [6, 6.07) is 9.04. The number of pyridine rings is 1. The van der Waals surface area contributed by atoms with Crippen molar-refractivity contribution in [2.24, 2.45) is 0 Å². The molecule has 3 N–H and O–H groups in total. The highest BCUT2D eigenvalue weighted by atomic mass is 19.4. The summed E-state index contributed by atoms with van der Waals surface area (Å²) in [5.74, 6) is -0.643. The Morgan fingerprint density at radius 2 is 1.80 bits per heavy atom. The Labute approximate surface area is 112 Å². The second-order valence-corrected chi connectivity index (χ2v) is 3.95. The van der Waals surface area contributed by atoms with E-state index in [9.17, 15) is 18.0 Å². The molecule has 0 fully saturated rings. The largest absolute Gasteiger partial charge is 0.418 e. The number of benzene rings is 1. The summed E-state index contributed by atoms with van der Waals surface area (Å²) in [6.07, 6.45) is -4.55. The molecule has 2 aromatic rings. The molecule has 0 saturated heterocycles. The first-order valence-electron chi connectivity index (χ1n) is 5.58. The van der Waals surface area contributed by atoms with Gasteiger partial charge in [-0.3, -0.25) is 4.79 Å². The molecule has 4 nitrogen and oxygen atoms in total. The molecular formula is C13H10F3N3O. The second-order valence-electron chi connectivity index (χ2n) is 3.95. The number of nitrogens with one attached hydrogen (secondary N) is 1. The number of aromatic nitrogens is 1. The van der Waals surface area contributed by atoms with Crippen LogP contribution in [0.3, 0.4) is 0 Å². The average Bonchev–Trinajstić information content (AvgIpc) is 2.38. The normalized spacial score (nSPS) is 11.2. The summed E-state index contributed by atoms with van der Waals surface area (Å²) in [5.41, 5.74) is 4.12. The number of rotatable bonds is 2. The van der Waals surface area contributed by atoms with Gasteiger partial charge in [-0.2, -0.15) is 13.2 Å². The predicted molar refractivity (Wildman–Crippen MR) is 68.0 cm³/mol. The van der Waals surface area contributed by atoms with Gasteiger partial charge in [0.25, 0.3) is 5.91 Å². The SMILES string of the molecule is Nc1cccc(C(=O)Nc2ccccc2C(F)(F)F)n1. The topological polar surface area (TPSA) is 68.0 Å². The number of nitrogen functional groups attached to an aromatic ring is 1. The fourth-order valence-electron chi connectivity index (χ4n) is 1.60. The molecule has 104 valence electrons. The van der Waals surface area contributed by atoms with Gasteiger partial charge < -0.3 is 11.1 Å². The van der Waals surface area contributed by atoms with Crippen LogP contribution in [0, 0.1) is 0 Å². The molecule has 0 aliphatic heterocycles. The number of para-hydroxylation sites is 1. The number of nitrogens with two attached hydrogens (primary N) is 1. The van der Waals surface area contributed by atoms with Crippen LogP contribution in [0.4, 0.5) is 24.7 Å². The van der Waals surface area contributed by atoms with Crippen LogP contribution in [-0.2, 0) is 6.18 Å². The lowest BCUT2D eigenvalue weighted by Crippen LogP contribution is -2.17. The zero-order valence-electron chi connectivity index (χ0n) is 10.1. The summed E-state index contributed by atoms with van der Waals surface area (Å²) in [6.45, 7) is 0. The van der Waals surface area contributed by atoms with Gasteiger partial charge in [0.15, 0.2) is 0 Å². The van der Waals surface area contributed by atoms with E-state index in [-0.39, 0.29) is 17.2 Å². The van der Waals surface area contributed by atoms with Crippen molar-refractivity contribution in [1.29, 1.82) is 0 Å². The molecule has 1 aromatic heterocycles. The van der Waals surface area contributed by atoms with Gasteiger partial charge in [-0.25, -0.2) is 4.98 Å². The fourth-order valence-corrected chi connectivity index (χ4v) is 1.60. The summed E-state index contributed by atoms with van der Waals surface area (Å²) in [5, 5.41) is 2.18. The molecule has 2 rings (SSSR count). The Bertz CT molecular complexity index is 641. The molecule has 1 amide bonds. The van der Waals surface area contributed by atoms with Crippen molar-refractivity contribution < 1.29 is 18.0 Å². The van der Waals surface area contributed by atoms with E-state index in [1.807, 2.05) is 0 Å². The number of nitrogens with zero attached hydrogens (tertiary/aromatic N) is 1. The van der Waals surface area contributed by atoms with Gasteiger partial charge >= 0.3 is 6.18 Å². The third-order valence-corrected chi connectivity index (χ3v) is 2.48. The lowest BCUT2D eigenvalue weighted by Gasteiger charge is -2.13. The second kappa shape index (κ2) is 5.20. The molecule has 0 spiro atoms. The third kappa shape index (κ3) is 3.05. The first-order chi connectivity index (χ1) is 9.38. The van der Waals surface area contributed by atoms with Crippen molar-refractivity contribution in [2.45, 2.75) is 6.18 Å². The molecule has 1 heterocycles. The first-order valence-corrected chi connectivity index (χ1v) is 5.58. The van der Waals surface area contributed by atoms with E-state index in [1.54, 1.807) is 0 Å². The van der Waals surface area contributed by atoms with Gasteiger partial charge in [-0.15, -0.1) is 0 Å². The standard InChI is InChI=1S/C13H10F3N3O/c14-13(15,16)8-4-1-2-5-9(8)19-12(20)10-6-3-7-11(17)18-10/h1-7H,(H2,17,18)(H,19,20). The molecule has 0 aliphatic rings. The Balaban J connectivity index is 2.29. The van der Waals surface area contributed by atoms with Gasteiger partial charge in [-0.1, -0.05) is 18.2 Å². The van der Waals surface area contributed by atoms with Crippen LogP contribution in [0.5, 0.6) is 0 Å². The van der Waals surface area contributed by atoms with E-state index in [1.165, 1.54) is 36.4 Å². The Kier molecular flexibility index (Phi) is 3.60. The minimum absolute atomic E-state index is 0.0537. The van der Waals surface area contributed by atoms with Crippen LogP contribution in [0.25, 0.3) is 0 Å². The van der Waals surface area contributed by atoms with Crippen molar-refractivity contribution in [2.75, 3.05) is 11.1 Å². The van der Waals surface area contributed by atoms with Crippen LogP contribution in [0.1, 0.15) is 16.1 Å². The van der Waals surface area contributed by atoms with E-state index in [2.05, 4.69) is 10.3 Å². The van der Waals surface area contributed by atoms with Crippen LogP contribution in [-0.4, -0.2) is 10.9 Å². The van der Waals surface area contributed by atoms with E-state index in [0.29, 0.717) is 0 Å². The van der Waals surface area contributed by atoms with E-state index >= 15 is 0 Å². The maximum Gasteiger partial charge on any atom is 0.418 e. The minimum atomic E-state index is -4.55. The number of carbonyl (C=O) groups excluding carboxylic acids is 1. The van der Waals surface area contributed by atoms with Crippen LogP contribution in [0.2, 0.25) is 0 Å². The number of hydrogen-bond acceptors (Lipinski definition) is 3. The molecule has 0 saturated carbocycles. The predicted octanol–water partition coefficient (Wildman–Crippen LogP) is 2.93. The van der Waals surface area contributed by atoms with Gasteiger partial charge in [0.1, 0.15) is 11.5 Å². The zero-order valence-corrected chi connectivity index (χ0v) is 10.1. The highest BCUT2D eigenvalue weighted by molar-refractivity contribution is 6.03. The molecule has 0 bridgehead atoms. The third-order valence-electron chi connectivity index (χ3n) is 2.48. The van der Waals surface area contributed by atoms with Crippen LogP contribution < -0.4 is 11.1 Å². The number of halogens is 3. The quantitative estimate of drug-likeness (QED) is 0.889. The smallest absolute Gasteiger partial charge is 0.384 e. The summed E-state index contributed by atoms with van der Waals surface area (Å²) in [7, 11) is 0. The monoisotopic (exact) mass is 281 g/mol. The van der Waals surface area contributed by atoms with Gasteiger partial charge in [-0.05, 0) is 24.3 Å². The van der Waals surface area contributed by atoms with Crippen molar-refractivity contribution in [3.05, 3.63) is 53.7 Å². The van der Waals surface area contributed by atoms with Gasteiger partial charge in [0.05, 0.1) is 11.3 Å². The molecule has 20 heavy (non-hydrogen) atoms. The van der Waals surface area contributed by atoms with Gasteiger partial charge in [0, 0.05) is 0 Å². The average molecular weight is 281 g/mol. The number of amides is 1. The van der Waals surface area contributed by atoms with Crippen molar-refractivity contribution in [3.63, 3.8) is 0 Å². The summed E-state index contributed by atoms with van der Waals surface area (Å²) in [4.78, 5) is 15.6. The van der Waals surface area contributed by atoms with E-state index in [4.69, 9.17) is 5.73 Å². The highest BCUT2D eigenvalue weighted by Crippen LogP contribution is 2.34. The first kappa shape index (κ1) is 13.9. The lowest BCUT2D eigenvalue weighted by atomic mass is 10.1. The Morgan fingerprint density at radius 1 is 1.10 bits per heavy atom. The number of anilines is 2. The summed E-state index contributed by atoms with van der Waals surface area (Å²) >= 11 is 0. The maximum atomic E-state index is 12.8. The number of carbonyl (C=O) groups is 1. The fraction of sp³-hybridized carbons (Fsp3) is 0.0769. The Morgan fingerprint density at radius 3 is 2.45 bits per heavy atom. The Hall–Kier alpha value is -2.57. The number of hydrogen-bond donors (Lipinski definition) is 2. The van der Waals surface area contributed by atoms with Crippen LogP contribution >= 0.6 is 0 Å². The maximum absolute atomic E-state index is 12.8. The molecule has 7 heteroatoms. The van der Waals surface area contributed by atoms with Crippen molar-refractivity contribution in [3.8, 4) is 0 Å². The molecule has 0 aliphatic carbocycles. The number of alkyl halides is 3. The lowest BCUT2D eigenvalue weighted by molar-refractivity contribution is -0.136. The van der Waals surface area contributed by atoms with E-state index in [0.717, 1.165) is 6.07 Å². The molecule has 0 unspecified atom stereocenters. The summed E-state index contributed by atoms with van der Waals surface area (Å²) < 4.78 is 38.3. The van der Waals surface area contributed by atoms with Crippen molar-refractivity contribution >= 4 is 17.4 Å². The van der Waals surface area contributed by atoms with E-state index < -0.39 is 17.6 Å². The molecular weight excluding hydrogens is 271 g/mol. The van der Waals surface area contributed by atoms with Crippen molar-refractivity contribution in [1.82, 2.24) is 4.98 Å². The molecule has 0 radical (unpaired) electrons.